The summed E-state index contributed by atoms with van der Waals surface area (Å²) in [5.74, 6) is -2.44. The summed E-state index contributed by atoms with van der Waals surface area (Å²) in [6, 6.07) is 9.28. The van der Waals surface area contributed by atoms with Gasteiger partial charge in [-0.2, -0.15) is 0 Å². The topological polar surface area (TPSA) is 92.7 Å². The third-order valence-corrected chi connectivity index (χ3v) is 4.17. The molecule has 124 valence electrons. The van der Waals surface area contributed by atoms with Crippen molar-refractivity contribution in [2.75, 3.05) is 12.4 Å². The summed E-state index contributed by atoms with van der Waals surface area (Å²) in [5.41, 5.74) is 1.77. The first-order chi connectivity index (χ1) is 11.4. The summed E-state index contributed by atoms with van der Waals surface area (Å²) in [6.45, 7) is 1.84. The van der Waals surface area contributed by atoms with E-state index in [-0.39, 0.29) is 5.56 Å². The molecule has 0 aliphatic heterocycles. The number of anilines is 1. The number of esters is 1. The molecule has 1 aromatic carbocycles. The molecule has 2 rings (SSSR count). The van der Waals surface area contributed by atoms with Gasteiger partial charge in [-0.3, -0.25) is 4.79 Å². The predicted octanol–water partition coefficient (Wildman–Crippen LogP) is 3.09. The number of ether oxygens (including phenoxy) is 1. The van der Waals surface area contributed by atoms with Crippen molar-refractivity contribution in [3.05, 3.63) is 52.9 Å². The van der Waals surface area contributed by atoms with Crippen LogP contribution in [0.25, 0.3) is 11.1 Å². The van der Waals surface area contributed by atoms with Crippen LogP contribution in [0.3, 0.4) is 0 Å². The number of rotatable bonds is 5. The number of aryl methyl sites for hydroxylation is 1. The van der Waals surface area contributed by atoms with Crippen molar-refractivity contribution in [1.82, 2.24) is 0 Å². The lowest BCUT2D eigenvalue weighted by atomic mass is 10.0. The number of amides is 1. The van der Waals surface area contributed by atoms with E-state index in [1.54, 1.807) is 0 Å². The van der Waals surface area contributed by atoms with Crippen LogP contribution in [-0.4, -0.2) is 30.1 Å². The highest BCUT2D eigenvalue weighted by molar-refractivity contribution is 7.17. The van der Waals surface area contributed by atoms with E-state index in [4.69, 9.17) is 9.84 Å². The van der Waals surface area contributed by atoms with Gasteiger partial charge < -0.3 is 15.2 Å². The van der Waals surface area contributed by atoms with Crippen molar-refractivity contribution >= 4 is 34.2 Å². The van der Waals surface area contributed by atoms with Gasteiger partial charge in [-0.25, -0.2) is 9.59 Å². The average Bonchev–Trinajstić information content (AvgIpc) is 2.89. The van der Waals surface area contributed by atoms with E-state index in [0.29, 0.717) is 10.6 Å². The predicted molar refractivity (Wildman–Crippen MR) is 91.2 cm³/mol. The third-order valence-electron chi connectivity index (χ3n) is 3.15. The largest absolute Gasteiger partial charge is 0.478 e. The Morgan fingerprint density at radius 2 is 1.83 bits per heavy atom. The molecule has 1 heterocycles. The van der Waals surface area contributed by atoms with Crippen LogP contribution in [0.2, 0.25) is 0 Å². The molecule has 0 saturated heterocycles. The second kappa shape index (κ2) is 7.56. The number of carboxylic acids is 1. The fourth-order valence-electron chi connectivity index (χ4n) is 2.18. The van der Waals surface area contributed by atoms with Crippen LogP contribution in [0.15, 0.2) is 42.5 Å². The van der Waals surface area contributed by atoms with Crippen LogP contribution in [0.4, 0.5) is 5.00 Å². The second-order valence-corrected chi connectivity index (χ2v) is 5.98. The van der Waals surface area contributed by atoms with Crippen LogP contribution < -0.4 is 5.32 Å². The molecular formula is C17H15NO5S. The van der Waals surface area contributed by atoms with E-state index in [1.807, 2.05) is 37.3 Å². The molecule has 24 heavy (non-hydrogen) atoms. The number of carbonyl (C=O) groups is 3. The molecular weight excluding hydrogens is 330 g/mol. The number of hydrogen-bond acceptors (Lipinski definition) is 5. The molecule has 0 aliphatic carbocycles. The second-order valence-electron chi connectivity index (χ2n) is 4.76. The number of methoxy groups -OCH3 is 1. The number of thiophene rings is 1. The Bertz CT molecular complexity index is 808. The minimum atomic E-state index is -1.23. The third kappa shape index (κ3) is 3.88. The quantitative estimate of drug-likeness (QED) is 0.642. The van der Waals surface area contributed by atoms with Gasteiger partial charge in [0, 0.05) is 22.6 Å². The highest BCUT2D eigenvalue weighted by atomic mass is 32.1. The Kier molecular flexibility index (Phi) is 5.49. The van der Waals surface area contributed by atoms with Crippen LogP contribution in [0.5, 0.6) is 0 Å². The number of carboxylic acid groups (broad SMARTS) is 1. The monoisotopic (exact) mass is 345 g/mol. The van der Waals surface area contributed by atoms with Gasteiger partial charge in [0.2, 0.25) is 5.91 Å². The van der Waals surface area contributed by atoms with Gasteiger partial charge in [0.05, 0.1) is 7.11 Å². The maximum absolute atomic E-state index is 12.2. The zero-order valence-corrected chi connectivity index (χ0v) is 13.8. The van der Waals surface area contributed by atoms with Crippen molar-refractivity contribution in [3.63, 3.8) is 0 Å². The molecule has 2 aromatic rings. The van der Waals surface area contributed by atoms with Crippen LogP contribution in [0.1, 0.15) is 15.2 Å². The van der Waals surface area contributed by atoms with E-state index < -0.39 is 17.8 Å². The van der Waals surface area contributed by atoms with Gasteiger partial charge in [-0.15, -0.1) is 11.3 Å². The molecule has 0 radical (unpaired) electrons. The zero-order chi connectivity index (χ0) is 17.7. The van der Waals surface area contributed by atoms with Crippen molar-refractivity contribution in [3.8, 4) is 11.1 Å². The summed E-state index contributed by atoms with van der Waals surface area (Å²) < 4.78 is 4.84. The van der Waals surface area contributed by atoms with E-state index >= 15 is 0 Å². The Morgan fingerprint density at radius 3 is 2.42 bits per heavy atom. The molecule has 7 heteroatoms. The van der Waals surface area contributed by atoms with Gasteiger partial charge in [-0.05, 0) is 12.5 Å². The molecule has 2 N–H and O–H groups in total. The van der Waals surface area contributed by atoms with E-state index in [1.165, 1.54) is 18.4 Å². The summed E-state index contributed by atoms with van der Waals surface area (Å²) in [7, 11) is 1.26. The first kappa shape index (κ1) is 17.4. The fourth-order valence-corrected chi connectivity index (χ4v) is 3.25. The van der Waals surface area contributed by atoms with E-state index in [0.717, 1.165) is 22.6 Å². The Hall–Kier alpha value is -2.93. The Balaban J connectivity index is 2.48. The van der Waals surface area contributed by atoms with E-state index in [9.17, 15) is 14.4 Å². The van der Waals surface area contributed by atoms with E-state index in [2.05, 4.69) is 5.32 Å². The van der Waals surface area contributed by atoms with Gasteiger partial charge >= 0.3 is 11.9 Å². The number of carbonyl (C=O) groups excluding carboxylic acids is 2. The standard InChI is InChI=1S/C17H15NO5S/c1-10-14(11-6-4-3-5-7-11)15(17(22)23-2)16(24-10)18-12(19)8-9-13(20)21/h3-9H,1-2H3,(H,18,19)(H,20,21). The molecule has 0 bridgehead atoms. The highest BCUT2D eigenvalue weighted by Crippen LogP contribution is 2.40. The highest BCUT2D eigenvalue weighted by Gasteiger charge is 2.24. The molecule has 0 unspecified atom stereocenters. The molecule has 0 aliphatic rings. The summed E-state index contributed by atoms with van der Waals surface area (Å²) in [6.07, 6.45) is 1.62. The van der Waals surface area contributed by atoms with Crippen molar-refractivity contribution in [2.45, 2.75) is 6.92 Å². The van der Waals surface area contributed by atoms with Crippen LogP contribution in [0, 0.1) is 6.92 Å². The number of nitrogens with one attached hydrogen (secondary N) is 1. The maximum atomic E-state index is 12.2. The fraction of sp³-hybridized carbons (Fsp3) is 0.118. The minimum absolute atomic E-state index is 0.253. The zero-order valence-electron chi connectivity index (χ0n) is 13.0. The van der Waals surface area contributed by atoms with Crippen LogP contribution >= 0.6 is 11.3 Å². The van der Waals surface area contributed by atoms with Gasteiger partial charge in [0.1, 0.15) is 10.6 Å². The Morgan fingerprint density at radius 1 is 1.17 bits per heavy atom. The number of benzene rings is 1. The normalized spacial score (nSPS) is 10.6. The van der Waals surface area contributed by atoms with Crippen molar-refractivity contribution in [2.24, 2.45) is 0 Å². The summed E-state index contributed by atoms with van der Waals surface area (Å²) >= 11 is 1.23. The SMILES string of the molecule is COC(=O)c1c(NC(=O)C=CC(=O)O)sc(C)c1-c1ccccc1. The average molecular weight is 345 g/mol. The van der Waals surface area contributed by atoms with Gasteiger partial charge in [-0.1, -0.05) is 30.3 Å². The van der Waals surface area contributed by atoms with Gasteiger partial charge in [0.15, 0.2) is 0 Å². The van der Waals surface area contributed by atoms with Crippen molar-refractivity contribution in [1.29, 1.82) is 0 Å². The lowest BCUT2D eigenvalue weighted by Crippen LogP contribution is -2.12. The lowest BCUT2D eigenvalue weighted by Gasteiger charge is -2.07. The first-order valence-electron chi connectivity index (χ1n) is 6.93. The summed E-state index contributed by atoms with van der Waals surface area (Å²) in [4.78, 5) is 35.4. The number of aliphatic carboxylic acids is 1. The molecule has 0 spiro atoms. The van der Waals surface area contributed by atoms with Crippen molar-refractivity contribution < 1.29 is 24.2 Å². The molecule has 1 aromatic heterocycles. The molecule has 0 saturated carbocycles. The molecule has 6 nitrogen and oxygen atoms in total. The minimum Gasteiger partial charge on any atom is -0.478 e. The lowest BCUT2D eigenvalue weighted by molar-refractivity contribution is -0.131. The number of hydrogen-bond donors (Lipinski definition) is 2. The smallest absolute Gasteiger partial charge is 0.341 e. The van der Waals surface area contributed by atoms with Crippen LogP contribution in [-0.2, 0) is 14.3 Å². The maximum Gasteiger partial charge on any atom is 0.341 e. The van der Waals surface area contributed by atoms with Gasteiger partial charge in [0.25, 0.3) is 0 Å². The Labute approximate surface area is 142 Å². The first-order valence-corrected chi connectivity index (χ1v) is 7.74. The molecule has 1 amide bonds. The summed E-state index contributed by atoms with van der Waals surface area (Å²) in [5, 5.41) is 11.4. The molecule has 0 fully saturated rings. The molecule has 0 atom stereocenters.